The Bertz CT molecular complexity index is 1780. The lowest BCUT2D eigenvalue weighted by Crippen LogP contribution is -2.43. The first-order valence-electron chi connectivity index (χ1n) is 15.1. The highest BCUT2D eigenvalue weighted by Crippen LogP contribution is 2.41. The molecule has 0 atom stereocenters. The summed E-state index contributed by atoms with van der Waals surface area (Å²) < 4.78 is 18.1. The number of nitrogens with zero attached hydrogens (tertiary/aromatic N) is 5. The predicted molar refractivity (Wildman–Crippen MR) is 166 cm³/mol. The zero-order chi connectivity index (χ0) is 30.8. The quantitative estimate of drug-likeness (QED) is 0.341. The molecule has 2 aromatic carbocycles. The molecule has 5 heterocycles. The minimum absolute atomic E-state index is 0.00337. The summed E-state index contributed by atoms with van der Waals surface area (Å²) in [5, 5.41) is 29.0. The maximum atomic E-state index is 13.8. The Hall–Kier alpha value is -4.24. The topological polar surface area (TPSA) is 145 Å². The van der Waals surface area contributed by atoms with Crippen LogP contribution in [-0.2, 0) is 4.74 Å². The van der Waals surface area contributed by atoms with Crippen molar-refractivity contribution in [2.45, 2.75) is 44.6 Å². The average Bonchev–Trinajstić information content (AvgIpc) is 3.51. The van der Waals surface area contributed by atoms with E-state index in [0.717, 1.165) is 52.3 Å². The summed E-state index contributed by atoms with van der Waals surface area (Å²) in [7, 11) is 1.00. The van der Waals surface area contributed by atoms with Gasteiger partial charge in [0.2, 0.25) is 0 Å². The number of aromatic nitrogens is 2. The largest absolute Gasteiger partial charge is 0.508 e. The highest BCUT2D eigenvalue weighted by Gasteiger charge is 2.45. The van der Waals surface area contributed by atoms with Gasteiger partial charge in [-0.15, -0.1) is 0 Å². The first-order valence-corrected chi connectivity index (χ1v) is 15.1. The lowest BCUT2D eigenvalue weighted by molar-refractivity contribution is 0.108. The molecule has 2 N–H and O–H groups in total. The number of benzene rings is 2. The van der Waals surface area contributed by atoms with Crippen LogP contribution >= 0.6 is 0 Å². The van der Waals surface area contributed by atoms with Crippen LogP contribution in [0.3, 0.4) is 0 Å². The fourth-order valence-corrected chi connectivity index (χ4v) is 7.07. The van der Waals surface area contributed by atoms with Crippen LogP contribution in [-0.4, -0.2) is 83.7 Å². The standard InChI is InChI=1S/C32H33N5O5.CH4O/c1-20-27-26(30(39)42-28(20)24-17-23(38)16-21-6-2-7-22(18-33)25(21)24)29(36-10-5-14-40-15-13-36)35-31(34-27)41-19-32-8-3-11-37(32)12-4-9-32;1-2/h2,6-7,16-17,38H,3-5,8-15,19H2,1H3;2H,1H3. The van der Waals surface area contributed by atoms with Gasteiger partial charge in [-0.05, 0) is 75.7 Å². The minimum atomic E-state index is -0.584. The lowest BCUT2D eigenvalue weighted by Gasteiger charge is -2.31. The third-order valence-electron chi connectivity index (χ3n) is 9.09. The van der Waals surface area contributed by atoms with E-state index in [2.05, 4.69) is 11.0 Å². The van der Waals surface area contributed by atoms with Crippen molar-refractivity contribution < 1.29 is 24.1 Å². The SMILES string of the molecule is CO.Cc1c(-c2cc(O)cc3cccc(C#N)c23)oc(=O)c2c(N3CCCOCC3)nc(OCC34CCCN3CCC4)nc12. The van der Waals surface area contributed by atoms with Gasteiger partial charge in [0.05, 0.1) is 29.3 Å². The molecule has 0 saturated carbocycles. The van der Waals surface area contributed by atoms with Crippen molar-refractivity contribution in [1.82, 2.24) is 14.9 Å². The molecule has 230 valence electrons. The molecule has 0 bridgehead atoms. The van der Waals surface area contributed by atoms with Crippen LogP contribution in [0.2, 0.25) is 0 Å². The van der Waals surface area contributed by atoms with Crippen molar-refractivity contribution in [1.29, 1.82) is 5.26 Å². The summed E-state index contributed by atoms with van der Waals surface area (Å²) in [6.07, 6.45) is 5.30. The van der Waals surface area contributed by atoms with Crippen molar-refractivity contribution >= 4 is 27.5 Å². The number of phenols is 1. The van der Waals surface area contributed by atoms with E-state index in [0.29, 0.717) is 71.7 Å². The molecule has 3 aliphatic rings. The van der Waals surface area contributed by atoms with Crippen LogP contribution in [0.15, 0.2) is 39.5 Å². The minimum Gasteiger partial charge on any atom is -0.508 e. The van der Waals surface area contributed by atoms with Crippen LogP contribution < -0.4 is 15.3 Å². The molecule has 4 aromatic rings. The average molecular weight is 600 g/mol. The molecule has 0 aliphatic carbocycles. The van der Waals surface area contributed by atoms with Gasteiger partial charge in [0.25, 0.3) is 0 Å². The van der Waals surface area contributed by atoms with Gasteiger partial charge in [-0.3, -0.25) is 4.90 Å². The van der Waals surface area contributed by atoms with Gasteiger partial charge in [0.1, 0.15) is 23.5 Å². The Kier molecular flexibility index (Phi) is 8.40. The summed E-state index contributed by atoms with van der Waals surface area (Å²) in [4.78, 5) is 28.0. The highest BCUT2D eigenvalue weighted by molar-refractivity contribution is 6.03. The third kappa shape index (κ3) is 5.23. The molecule has 2 aromatic heterocycles. The number of phenolic OH excluding ortho intramolecular Hbond substituents is 1. The van der Waals surface area contributed by atoms with Gasteiger partial charge in [0, 0.05) is 43.3 Å². The molecular formula is C33H37N5O6. The number of hydrogen-bond acceptors (Lipinski definition) is 11. The van der Waals surface area contributed by atoms with Crippen molar-refractivity contribution in [3.05, 3.63) is 51.9 Å². The molecule has 11 nitrogen and oxygen atoms in total. The molecule has 3 saturated heterocycles. The van der Waals surface area contributed by atoms with Crippen molar-refractivity contribution in [3.8, 4) is 29.2 Å². The van der Waals surface area contributed by atoms with E-state index in [1.54, 1.807) is 18.2 Å². The zero-order valence-corrected chi connectivity index (χ0v) is 25.1. The van der Waals surface area contributed by atoms with Crippen LogP contribution in [0, 0.1) is 18.3 Å². The number of nitriles is 1. The van der Waals surface area contributed by atoms with Crippen LogP contribution in [0.1, 0.15) is 43.2 Å². The molecule has 3 fully saturated rings. The normalized spacial score (nSPS) is 18.0. The Labute approximate surface area is 255 Å². The van der Waals surface area contributed by atoms with Gasteiger partial charge in [-0.1, -0.05) is 12.1 Å². The maximum absolute atomic E-state index is 13.8. The third-order valence-corrected chi connectivity index (χ3v) is 9.09. The number of aromatic hydroxyl groups is 1. The summed E-state index contributed by atoms with van der Waals surface area (Å²) in [6.45, 7) is 6.93. The van der Waals surface area contributed by atoms with E-state index in [1.165, 1.54) is 6.07 Å². The van der Waals surface area contributed by atoms with E-state index in [-0.39, 0.29) is 28.4 Å². The summed E-state index contributed by atoms with van der Waals surface area (Å²) >= 11 is 0. The van der Waals surface area contributed by atoms with E-state index >= 15 is 0 Å². The smallest absolute Gasteiger partial charge is 0.349 e. The number of fused-ring (bicyclic) bond motifs is 3. The Morgan fingerprint density at radius 3 is 2.61 bits per heavy atom. The Balaban J connectivity index is 0.00000168. The monoisotopic (exact) mass is 599 g/mol. The van der Waals surface area contributed by atoms with Crippen molar-refractivity contribution in [3.63, 3.8) is 0 Å². The molecule has 3 aliphatic heterocycles. The summed E-state index contributed by atoms with van der Waals surface area (Å²) in [5.41, 5.74) is 1.34. The van der Waals surface area contributed by atoms with Gasteiger partial charge < -0.3 is 29.0 Å². The molecule has 0 amide bonds. The number of anilines is 1. The number of ether oxygens (including phenoxy) is 2. The molecule has 0 spiro atoms. The van der Waals surface area contributed by atoms with Gasteiger partial charge in [-0.2, -0.15) is 15.2 Å². The van der Waals surface area contributed by atoms with Gasteiger partial charge >= 0.3 is 11.6 Å². The van der Waals surface area contributed by atoms with Crippen LogP contribution in [0.4, 0.5) is 5.82 Å². The molecule has 11 heteroatoms. The fraction of sp³-hybridized carbons (Fsp3) is 0.455. The van der Waals surface area contributed by atoms with Crippen molar-refractivity contribution in [2.75, 3.05) is 58.0 Å². The van der Waals surface area contributed by atoms with Gasteiger partial charge in [0.15, 0.2) is 5.82 Å². The molecule has 7 rings (SSSR count). The van der Waals surface area contributed by atoms with Crippen LogP contribution in [0.25, 0.3) is 33.0 Å². The highest BCUT2D eigenvalue weighted by atomic mass is 16.5. The van der Waals surface area contributed by atoms with E-state index < -0.39 is 5.63 Å². The number of aliphatic hydroxyl groups excluding tert-OH is 1. The van der Waals surface area contributed by atoms with Gasteiger partial charge in [-0.25, -0.2) is 4.79 Å². The first kappa shape index (κ1) is 29.8. The van der Waals surface area contributed by atoms with E-state index in [9.17, 15) is 15.2 Å². The predicted octanol–water partition coefficient (Wildman–Crippen LogP) is 4.13. The second-order valence-corrected chi connectivity index (χ2v) is 11.6. The zero-order valence-electron chi connectivity index (χ0n) is 25.1. The summed E-state index contributed by atoms with van der Waals surface area (Å²) in [5.74, 6) is 0.737. The number of rotatable bonds is 5. The number of aryl methyl sites for hydroxylation is 1. The molecule has 44 heavy (non-hydrogen) atoms. The van der Waals surface area contributed by atoms with Crippen molar-refractivity contribution in [2.24, 2.45) is 0 Å². The molecule has 0 radical (unpaired) electrons. The second kappa shape index (κ2) is 12.4. The summed E-state index contributed by atoms with van der Waals surface area (Å²) in [6, 6.07) is 10.9. The maximum Gasteiger partial charge on any atom is 0.349 e. The number of hydrogen-bond donors (Lipinski definition) is 2. The van der Waals surface area contributed by atoms with E-state index in [4.69, 9.17) is 29.0 Å². The molecular weight excluding hydrogens is 562 g/mol. The number of aliphatic hydroxyl groups is 1. The lowest BCUT2D eigenvalue weighted by atomic mass is 9.95. The molecule has 0 unspecified atom stereocenters. The Morgan fingerprint density at radius 1 is 1.05 bits per heavy atom. The Morgan fingerprint density at radius 2 is 1.84 bits per heavy atom. The second-order valence-electron chi connectivity index (χ2n) is 11.6. The van der Waals surface area contributed by atoms with Crippen LogP contribution in [0.5, 0.6) is 11.8 Å². The van der Waals surface area contributed by atoms with E-state index in [1.807, 2.05) is 17.9 Å². The first-order chi connectivity index (χ1) is 21.5. The fourth-order valence-electron chi connectivity index (χ4n) is 7.07.